The molecule has 0 unspecified atom stereocenters. The van der Waals surface area contributed by atoms with Gasteiger partial charge in [0.25, 0.3) is 10.2 Å². The number of benzene rings is 1. The molecule has 2 rings (SSSR count). The molecule has 1 aliphatic rings. The van der Waals surface area contributed by atoms with E-state index >= 15 is 0 Å². The van der Waals surface area contributed by atoms with Gasteiger partial charge in [0.2, 0.25) is 5.91 Å². The van der Waals surface area contributed by atoms with Crippen molar-refractivity contribution in [1.29, 1.82) is 0 Å². The van der Waals surface area contributed by atoms with Crippen molar-refractivity contribution in [3.63, 3.8) is 0 Å². The first-order valence-electron chi connectivity index (χ1n) is 8.20. The van der Waals surface area contributed by atoms with Gasteiger partial charge in [0.15, 0.2) is 0 Å². The number of aryl methyl sites for hydroxylation is 1. The molecule has 1 aromatic carbocycles. The molecule has 0 saturated carbocycles. The summed E-state index contributed by atoms with van der Waals surface area (Å²) in [5.74, 6) is -0.266. The van der Waals surface area contributed by atoms with Crippen LogP contribution in [0.4, 0.5) is 0 Å². The first kappa shape index (κ1) is 18.9. The van der Waals surface area contributed by atoms with Crippen LogP contribution < -0.4 is 0 Å². The van der Waals surface area contributed by atoms with Crippen molar-refractivity contribution < 1.29 is 13.2 Å². The molecule has 0 bridgehead atoms. The standard InChI is InChI=1S/C17H27N3O3S/c1-14-7-9-15(10-8-14)12-19(4)17(21)16-6-5-11-20(13-16)24(22,23)18(2)3/h7-10,16H,5-6,11-13H2,1-4H3/t16-/m0/s1. The Morgan fingerprint density at radius 1 is 1.21 bits per heavy atom. The first-order valence-corrected chi connectivity index (χ1v) is 9.59. The van der Waals surface area contributed by atoms with Crippen molar-refractivity contribution >= 4 is 16.1 Å². The maximum Gasteiger partial charge on any atom is 0.281 e. The van der Waals surface area contributed by atoms with Crippen LogP contribution >= 0.6 is 0 Å². The first-order chi connectivity index (χ1) is 11.2. The predicted octanol–water partition coefficient (Wildman–Crippen LogP) is 1.47. The number of amides is 1. The summed E-state index contributed by atoms with van der Waals surface area (Å²) in [6.45, 7) is 3.31. The fourth-order valence-electron chi connectivity index (χ4n) is 2.94. The molecule has 1 heterocycles. The second-order valence-corrected chi connectivity index (χ2v) is 8.81. The Bertz CT molecular complexity index is 671. The van der Waals surface area contributed by atoms with Crippen molar-refractivity contribution in [2.75, 3.05) is 34.2 Å². The third-order valence-corrected chi connectivity index (χ3v) is 6.34. The van der Waals surface area contributed by atoms with Crippen molar-refractivity contribution in [2.45, 2.75) is 26.3 Å². The lowest BCUT2D eigenvalue weighted by Crippen LogP contribution is -2.48. The lowest BCUT2D eigenvalue weighted by atomic mass is 9.98. The van der Waals surface area contributed by atoms with Gasteiger partial charge in [-0.1, -0.05) is 29.8 Å². The zero-order valence-corrected chi connectivity index (χ0v) is 15.7. The Morgan fingerprint density at radius 2 is 1.83 bits per heavy atom. The Morgan fingerprint density at radius 3 is 2.42 bits per heavy atom. The molecule has 0 aromatic heterocycles. The molecular weight excluding hydrogens is 326 g/mol. The number of carbonyl (C=O) groups is 1. The highest BCUT2D eigenvalue weighted by Crippen LogP contribution is 2.22. The van der Waals surface area contributed by atoms with Crippen LogP contribution in [0.1, 0.15) is 24.0 Å². The number of rotatable bonds is 5. The molecular formula is C17H27N3O3S. The molecule has 1 aliphatic heterocycles. The number of hydrogen-bond acceptors (Lipinski definition) is 3. The normalized spacial score (nSPS) is 19.5. The van der Waals surface area contributed by atoms with Gasteiger partial charge in [-0.05, 0) is 25.3 Å². The van der Waals surface area contributed by atoms with Gasteiger partial charge < -0.3 is 4.90 Å². The van der Waals surface area contributed by atoms with E-state index in [4.69, 9.17) is 0 Å². The van der Waals surface area contributed by atoms with Gasteiger partial charge in [-0.15, -0.1) is 0 Å². The van der Waals surface area contributed by atoms with Gasteiger partial charge in [0, 0.05) is 40.8 Å². The van der Waals surface area contributed by atoms with E-state index in [2.05, 4.69) is 0 Å². The van der Waals surface area contributed by atoms with E-state index in [9.17, 15) is 13.2 Å². The zero-order valence-electron chi connectivity index (χ0n) is 14.9. The van der Waals surface area contributed by atoms with E-state index in [1.807, 2.05) is 31.2 Å². The molecule has 1 fully saturated rings. The highest BCUT2D eigenvalue weighted by atomic mass is 32.2. The van der Waals surface area contributed by atoms with Gasteiger partial charge in [-0.3, -0.25) is 4.79 Å². The maximum atomic E-state index is 12.7. The third kappa shape index (κ3) is 4.34. The van der Waals surface area contributed by atoms with Gasteiger partial charge in [-0.2, -0.15) is 17.0 Å². The molecule has 1 atom stereocenters. The molecule has 7 heteroatoms. The fraction of sp³-hybridized carbons (Fsp3) is 0.588. The lowest BCUT2D eigenvalue weighted by molar-refractivity contribution is -0.135. The summed E-state index contributed by atoms with van der Waals surface area (Å²) >= 11 is 0. The minimum absolute atomic E-state index is 0.00855. The molecule has 6 nitrogen and oxygen atoms in total. The smallest absolute Gasteiger partial charge is 0.281 e. The van der Waals surface area contributed by atoms with Crippen LogP contribution in [0, 0.1) is 12.8 Å². The molecule has 0 N–H and O–H groups in total. The molecule has 24 heavy (non-hydrogen) atoms. The zero-order chi connectivity index (χ0) is 17.9. The number of hydrogen-bond donors (Lipinski definition) is 0. The molecule has 1 saturated heterocycles. The predicted molar refractivity (Wildman–Crippen MR) is 94.6 cm³/mol. The topological polar surface area (TPSA) is 60.9 Å². The van der Waals surface area contributed by atoms with Gasteiger partial charge in [0.1, 0.15) is 0 Å². The second-order valence-electron chi connectivity index (χ2n) is 6.67. The van der Waals surface area contributed by atoms with E-state index < -0.39 is 10.2 Å². The number of piperidine rings is 1. The summed E-state index contributed by atoms with van der Waals surface area (Å²) in [7, 11) is 1.36. The van der Waals surface area contributed by atoms with E-state index in [1.165, 1.54) is 28.3 Å². The van der Waals surface area contributed by atoms with Crippen LogP contribution in [0.2, 0.25) is 0 Å². The summed E-state index contributed by atoms with van der Waals surface area (Å²) in [5, 5.41) is 0. The monoisotopic (exact) mass is 353 g/mol. The molecule has 0 aliphatic carbocycles. The summed E-state index contributed by atoms with van der Waals surface area (Å²) < 4.78 is 27.2. The molecule has 134 valence electrons. The van der Waals surface area contributed by atoms with Crippen LogP contribution in [-0.4, -0.2) is 62.1 Å². The summed E-state index contributed by atoms with van der Waals surface area (Å²) in [4.78, 5) is 14.4. The van der Waals surface area contributed by atoms with E-state index in [-0.39, 0.29) is 18.4 Å². The average Bonchev–Trinajstić information content (AvgIpc) is 2.56. The van der Waals surface area contributed by atoms with Gasteiger partial charge in [0.05, 0.1) is 5.92 Å². The van der Waals surface area contributed by atoms with E-state index in [0.717, 1.165) is 12.0 Å². The highest BCUT2D eigenvalue weighted by Gasteiger charge is 2.34. The Balaban J connectivity index is 2.02. The SMILES string of the molecule is Cc1ccc(CN(C)C(=O)[C@H]2CCCN(S(=O)(=O)N(C)C)C2)cc1. The largest absolute Gasteiger partial charge is 0.341 e. The van der Waals surface area contributed by atoms with Crippen molar-refractivity contribution in [3.05, 3.63) is 35.4 Å². The van der Waals surface area contributed by atoms with Crippen LogP contribution in [0.25, 0.3) is 0 Å². The average molecular weight is 353 g/mol. The number of nitrogens with zero attached hydrogens (tertiary/aromatic N) is 3. The number of carbonyl (C=O) groups excluding carboxylic acids is 1. The van der Waals surface area contributed by atoms with E-state index in [0.29, 0.717) is 19.5 Å². The van der Waals surface area contributed by atoms with Crippen LogP contribution in [0.15, 0.2) is 24.3 Å². The quantitative estimate of drug-likeness (QED) is 0.805. The van der Waals surface area contributed by atoms with Crippen molar-refractivity contribution in [2.24, 2.45) is 5.92 Å². The summed E-state index contributed by atoms with van der Waals surface area (Å²) in [6.07, 6.45) is 1.44. The molecule has 1 aromatic rings. The summed E-state index contributed by atoms with van der Waals surface area (Å²) in [6, 6.07) is 8.09. The Hall–Kier alpha value is -1.44. The Kier molecular flexibility index (Phi) is 6.01. The van der Waals surface area contributed by atoms with Gasteiger partial charge in [-0.25, -0.2) is 0 Å². The lowest BCUT2D eigenvalue weighted by Gasteiger charge is -2.34. The fourth-order valence-corrected chi connectivity index (χ4v) is 4.13. The Labute approximate surface area is 145 Å². The van der Waals surface area contributed by atoms with Gasteiger partial charge >= 0.3 is 0 Å². The molecule has 0 spiro atoms. The van der Waals surface area contributed by atoms with Crippen LogP contribution in [-0.2, 0) is 21.5 Å². The van der Waals surface area contributed by atoms with Crippen LogP contribution in [0.3, 0.4) is 0 Å². The van der Waals surface area contributed by atoms with E-state index in [1.54, 1.807) is 11.9 Å². The molecule has 1 amide bonds. The maximum absolute atomic E-state index is 12.7. The highest BCUT2D eigenvalue weighted by molar-refractivity contribution is 7.86. The molecule has 0 radical (unpaired) electrons. The van der Waals surface area contributed by atoms with Crippen LogP contribution in [0.5, 0.6) is 0 Å². The summed E-state index contributed by atoms with van der Waals surface area (Å²) in [5.41, 5.74) is 2.26. The second kappa shape index (κ2) is 7.63. The minimum Gasteiger partial charge on any atom is -0.341 e. The third-order valence-electron chi connectivity index (χ3n) is 4.44. The minimum atomic E-state index is -3.46. The van der Waals surface area contributed by atoms with Crippen molar-refractivity contribution in [3.8, 4) is 0 Å². The van der Waals surface area contributed by atoms with Crippen molar-refractivity contribution in [1.82, 2.24) is 13.5 Å².